The van der Waals surface area contributed by atoms with Crippen LogP contribution in [0.1, 0.15) is 60.2 Å². The van der Waals surface area contributed by atoms with Crippen LogP contribution in [-0.4, -0.2) is 63.9 Å². The van der Waals surface area contributed by atoms with Crippen molar-refractivity contribution in [3.8, 4) is 0 Å². The number of nitrogens with zero attached hydrogens (tertiary/aromatic N) is 5. The van der Waals surface area contributed by atoms with Gasteiger partial charge >= 0.3 is 0 Å². The molecule has 0 bridgehead atoms. The summed E-state index contributed by atoms with van der Waals surface area (Å²) in [5.74, 6) is 1.47. The highest BCUT2D eigenvalue weighted by Crippen LogP contribution is 2.33. The number of hydrogen-bond acceptors (Lipinski definition) is 5. The van der Waals surface area contributed by atoms with Crippen molar-refractivity contribution >= 4 is 16.8 Å². The van der Waals surface area contributed by atoms with Crippen molar-refractivity contribution in [3.63, 3.8) is 0 Å². The molecule has 0 atom stereocenters. The van der Waals surface area contributed by atoms with Gasteiger partial charge in [-0.2, -0.15) is 0 Å². The van der Waals surface area contributed by atoms with Crippen molar-refractivity contribution in [2.24, 2.45) is 5.92 Å². The summed E-state index contributed by atoms with van der Waals surface area (Å²) >= 11 is 0. The van der Waals surface area contributed by atoms with Crippen LogP contribution < -0.4 is 0 Å². The molecule has 0 spiro atoms. The van der Waals surface area contributed by atoms with Gasteiger partial charge in [-0.05, 0) is 88.8 Å². The predicted molar refractivity (Wildman–Crippen MR) is 135 cm³/mol. The minimum Gasteiger partial charge on any atom is -0.337 e. The van der Waals surface area contributed by atoms with Crippen LogP contribution in [0.2, 0.25) is 0 Å². The standard InChI is InChI=1S/C28H35N5O/c1-20-18-25(31-27(30-20)28(2)11-16-32(3)17-12-28)26(34)33-14-9-21(10-15-33)19-22-6-4-8-24-23(22)7-5-13-29-24/h4-8,13,18,21H,9-12,14-17,19H2,1-3H3. The SMILES string of the molecule is Cc1cc(C(=O)N2CCC(Cc3cccc4ncccc34)CC2)nc(C2(C)CCN(C)CC2)n1. The third kappa shape index (κ3) is 4.69. The second kappa shape index (κ2) is 9.41. The Labute approximate surface area is 202 Å². The van der Waals surface area contributed by atoms with Gasteiger partial charge in [0.25, 0.3) is 5.91 Å². The molecule has 6 nitrogen and oxygen atoms in total. The molecule has 1 amide bonds. The lowest BCUT2D eigenvalue weighted by Crippen LogP contribution is -2.41. The van der Waals surface area contributed by atoms with E-state index >= 15 is 0 Å². The second-order valence-electron chi connectivity index (χ2n) is 10.5. The van der Waals surface area contributed by atoms with E-state index in [0.29, 0.717) is 11.6 Å². The summed E-state index contributed by atoms with van der Waals surface area (Å²) in [6.45, 7) is 7.87. The van der Waals surface area contributed by atoms with Gasteiger partial charge in [0.05, 0.1) is 5.52 Å². The first-order valence-corrected chi connectivity index (χ1v) is 12.6. The number of pyridine rings is 1. The third-order valence-corrected chi connectivity index (χ3v) is 7.85. The number of aryl methyl sites for hydroxylation is 1. The number of aromatic nitrogens is 3. The van der Waals surface area contributed by atoms with E-state index in [2.05, 4.69) is 48.1 Å². The van der Waals surface area contributed by atoms with Gasteiger partial charge in [-0.15, -0.1) is 0 Å². The summed E-state index contributed by atoms with van der Waals surface area (Å²) in [6, 6.07) is 12.4. The smallest absolute Gasteiger partial charge is 0.272 e. The molecule has 2 fully saturated rings. The van der Waals surface area contributed by atoms with Crippen molar-refractivity contribution in [2.45, 2.75) is 51.4 Å². The molecule has 2 aliphatic rings. The van der Waals surface area contributed by atoms with Gasteiger partial charge in [0.2, 0.25) is 0 Å². The number of amides is 1. The largest absolute Gasteiger partial charge is 0.337 e. The number of carbonyl (C=O) groups excluding carboxylic acids is 1. The van der Waals surface area contributed by atoms with Gasteiger partial charge in [0.1, 0.15) is 11.5 Å². The van der Waals surface area contributed by atoms with Crippen LogP contribution >= 0.6 is 0 Å². The Bertz CT molecular complexity index is 1170. The van der Waals surface area contributed by atoms with Crippen molar-refractivity contribution in [2.75, 3.05) is 33.2 Å². The quantitative estimate of drug-likeness (QED) is 0.581. The topological polar surface area (TPSA) is 62.2 Å². The van der Waals surface area contributed by atoms with E-state index < -0.39 is 0 Å². The number of rotatable bonds is 4. The van der Waals surface area contributed by atoms with Crippen LogP contribution in [0.5, 0.6) is 0 Å². The highest BCUT2D eigenvalue weighted by Gasteiger charge is 2.34. The summed E-state index contributed by atoms with van der Waals surface area (Å²) in [6.07, 6.45) is 6.97. The lowest BCUT2D eigenvalue weighted by atomic mass is 9.79. The fourth-order valence-electron chi connectivity index (χ4n) is 5.44. The van der Waals surface area contributed by atoms with Crippen LogP contribution in [0.15, 0.2) is 42.6 Å². The molecule has 5 rings (SSSR count). The lowest BCUT2D eigenvalue weighted by molar-refractivity contribution is 0.0683. The zero-order valence-corrected chi connectivity index (χ0v) is 20.6. The molecule has 2 saturated heterocycles. The highest BCUT2D eigenvalue weighted by atomic mass is 16.2. The van der Waals surface area contributed by atoms with E-state index in [4.69, 9.17) is 9.97 Å². The summed E-state index contributed by atoms with van der Waals surface area (Å²) in [5, 5.41) is 1.25. The van der Waals surface area contributed by atoms with Crippen LogP contribution in [0.4, 0.5) is 0 Å². The Kier molecular flexibility index (Phi) is 6.34. The first-order valence-electron chi connectivity index (χ1n) is 12.6. The molecule has 2 aliphatic heterocycles. The van der Waals surface area contributed by atoms with Crippen LogP contribution in [0.25, 0.3) is 10.9 Å². The molecule has 34 heavy (non-hydrogen) atoms. The molecule has 3 aromatic rings. The second-order valence-corrected chi connectivity index (χ2v) is 10.5. The number of carbonyl (C=O) groups is 1. The minimum atomic E-state index is -0.0616. The van der Waals surface area contributed by atoms with Gasteiger partial charge < -0.3 is 9.80 Å². The Morgan fingerprint density at radius 1 is 1.06 bits per heavy atom. The van der Waals surface area contributed by atoms with Gasteiger partial charge in [0.15, 0.2) is 0 Å². The Morgan fingerprint density at radius 3 is 2.59 bits per heavy atom. The summed E-state index contributed by atoms with van der Waals surface area (Å²) in [5.41, 5.74) is 3.79. The molecule has 0 saturated carbocycles. The Hall–Kier alpha value is -2.86. The Morgan fingerprint density at radius 2 is 1.82 bits per heavy atom. The molecule has 2 aromatic heterocycles. The molecular formula is C28H35N5O. The van der Waals surface area contributed by atoms with Crippen molar-refractivity contribution in [3.05, 3.63) is 65.4 Å². The molecule has 1 aromatic carbocycles. The molecule has 4 heterocycles. The monoisotopic (exact) mass is 457 g/mol. The summed E-state index contributed by atoms with van der Waals surface area (Å²) < 4.78 is 0. The average Bonchev–Trinajstić information content (AvgIpc) is 2.86. The molecule has 0 radical (unpaired) electrons. The first-order chi connectivity index (χ1) is 16.4. The fraction of sp³-hybridized carbons (Fsp3) is 0.500. The zero-order valence-electron chi connectivity index (χ0n) is 20.6. The van der Waals surface area contributed by atoms with E-state index in [1.807, 2.05) is 30.2 Å². The minimum absolute atomic E-state index is 0.0519. The lowest BCUT2D eigenvalue weighted by Gasteiger charge is -2.37. The van der Waals surface area contributed by atoms with Gasteiger partial charge in [-0.25, -0.2) is 9.97 Å². The van der Waals surface area contributed by atoms with E-state index in [9.17, 15) is 4.79 Å². The van der Waals surface area contributed by atoms with E-state index in [-0.39, 0.29) is 11.3 Å². The maximum atomic E-state index is 13.4. The van der Waals surface area contributed by atoms with E-state index in [1.54, 1.807) is 0 Å². The zero-order chi connectivity index (χ0) is 23.7. The molecule has 0 N–H and O–H groups in total. The number of hydrogen-bond donors (Lipinski definition) is 0. The normalized spacial score (nSPS) is 19.4. The van der Waals surface area contributed by atoms with Crippen molar-refractivity contribution in [1.29, 1.82) is 0 Å². The van der Waals surface area contributed by atoms with E-state index in [0.717, 1.165) is 75.3 Å². The Balaban J connectivity index is 1.26. The van der Waals surface area contributed by atoms with E-state index in [1.165, 1.54) is 10.9 Å². The molecular weight excluding hydrogens is 422 g/mol. The number of likely N-dealkylation sites (tertiary alicyclic amines) is 2. The average molecular weight is 458 g/mol. The summed E-state index contributed by atoms with van der Waals surface area (Å²) in [4.78, 5) is 31.8. The maximum Gasteiger partial charge on any atom is 0.272 e. The molecule has 6 heteroatoms. The number of fused-ring (bicyclic) bond motifs is 1. The maximum absolute atomic E-state index is 13.4. The number of benzene rings is 1. The van der Waals surface area contributed by atoms with Gasteiger partial charge in [0, 0.05) is 35.8 Å². The van der Waals surface area contributed by atoms with Gasteiger partial charge in [-0.3, -0.25) is 9.78 Å². The summed E-state index contributed by atoms with van der Waals surface area (Å²) in [7, 11) is 2.16. The highest BCUT2D eigenvalue weighted by molar-refractivity contribution is 5.92. The predicted octanol–water partition coefficient (Wildman–Crippen LogP) is 4.41. The third-order valence-electron chi connectivity index (χ3n) is 7.85. The van der Waals surface area contributed by atoms with Crippen molar-refractivity contribution < 1.29 is 4.79 Å². The van der Waals surface area contributed by atoms with Crippen LogP contribution in [0, 0.1) is 12.8 Å². The first kappa shape index (κ1) is 22.9. The number of piperidine rings is 2. The molecule has 0 aliphatic carbocycles. The fourth-order valence-corrected chi connectivity index (χ4v) is 5.44. The van der Waals surface area contributed by atoms with Crippen LogP contribution in [-0.2, 0) is 11.8 Å². The van der Waals surface area contributed by atoms with Crippen molar-refractivity contribution in [1.82, 2.24) is 24.8 Å². The molecule has 178 valence electrons. The van der Waals surface area contributed by atoms with Gasteiger partial charge in [-0.1, -0.05) is 25.1 Å². The van der Waals surface area contributed by atoms with Crippen LogP contribution in [0.3, 0.4) is 0 Å². The molecule has 0 unspecified atom stereocenters.